The first-order chi connectivity index (χ1) is 9.80. The van der Waals surface area contributed by atoms with Crippen LogP contribution in [-0.4, -0.2) is 30.5 Å². The molecule has 1 aliphatic rings. The predicted octanol–water partition coefficient (Wildman–Crippen LogP) is 2.34. The predicted molar refractivity (Wildman–Crippen MR) is 70.3 cm³/mol. The first-order valence-electron chi connectivity index (χ1n) is 6.75. The Morgan fingerprint density at radius 2 is 1.86 bits per heavy atom. The first kappa shape index (κ1) is 15.9. The van der Waals surface area contributed by atoms with Gasteiger partial charge < -0.3 is 20.3 Å². The van der Waals surface area contributed by atoms with Crippen LogP contribution in [-0.2, 0) is 5.60 Å². The van der Waals surface area contributed by atoms with Crippen molar-refractivity contribution >= 4 is 0 Å². The Hall–Kier alpha value is -1.47. The molecule has 0 radical (unpaired) electrons. The van der Waals surface area contributed by atoms with E-state index in [-0.39, 0.29) is 17.7 Å². The number of rotatable bonds is 3. The Balaban J connectivity index is 2.49. The van der Waals surface area contributed by atoms with E-state index >= 15 is 0 Å². The van der Waals surface area contributed by atoms with Crippen LogP contribution >= 0.6 is 0 Å². The van der Waals surface area contributed by atoms with Gasteiger partial charge in [0.25, 0.3) is 0 Å². The molecule has 4 nitrogen and oxygen atoms in total. The van der Waals surface area contributed by atoms with Gasteiger partial charge in [0.2, 0.25) is 5.60 Å². The van der Waals surface area contributed by atoms with Gasteiger partial charge in [-0.2, -0.15) is 13.2 Å². The van der Waals surface area contributed by atoms with Crippen LogP contribution in [0, 0.1) is 0 Å². The maximum Gasteiger partial charge on any atom is 0.423 e. The topological polar surface area (TPSA) is 64.7 Å². The minimum Gasteiger partial charge on any atom is -0.490 e. The molecule has 2 unspecified atom stereocenters. The van der Waals surface area contributed by atoms with Gasteiger partial charge in [-0.25, -0.2) is 0 Å². The van der Waals surface area contributed by atoms with Gasteiger partial charge >= 0.3 is 6.18 Å². The number of ether oxygens (including phenoxy) is 2. The van der Waals surface area contributed by atoms with Crippen molar-refractivity contribution in [2.45, 2.75) is 37.6 Å². The third kappa shape index (κ3) is 2.80. The zero-order chi connectivity index (χ0) is 15.7. The summed E-state index contributed by atoms with van der Waals surface area (Å²) >= 11 is 0. The van der Waals surface area contributed by atoms with Crippen LogP contribution in [0.25, 0.3) is 0 Å². The van der Waals surface area contributed by atoms with Gasteiger partial charge in [-0.3, -0.25) is 0 Å². The minimum atomic E-state index is -4.89. The molecule has 1 aliphatic heterocycles. The fourth-order valence-electron chi connectivity index (χ4n) is 2.28. The number of fused-ring (bicyclic) bond motifs is 1. The highest BCUT2D eigenvalue weighted by molar-refractivity contribution is 5.46. The van der Waals surface area contributed by atoms with Crippen molar-refractivity contribution in [2.75, 3.05) is 13.2 Å². The number of alkyl halides is 3. The van der Waals surface area contributed by atoms with Crippen LogP contribution < -0.4 is 15.2 Å². The third-order valence-corrected chi connectivity index (χ3v) is 3.60. The van der Waals surface area contributed by atoms with E-state index in [1.807, 2.05) is 0 Å². The lowest BCUT2D eigenvalue weighted by Gasteiger charge is -2.35. The van der Waals surface area contributed by atoms with Gasteiger partial charge in [-0.1, -0.05) is 13.0 Å². The summed E-state index contributed by atoms with van der Waals surface area (Å²) in [5, 5.41) is 10.2. The average molecular weight is 305 g/mol. The van der Waals surface area contributed by atoms with Crippen molar-refractivity contribution < 1.29 is 27.8 Å². The Kier molecular flexibility index (Phi) is 4.34. The molecule has 21 heavy (non-hydrogen) atoms. The molecule has 0 aromatic heterocycles. The van der Waals surface area contributed by atoms with E-state index in [2.05, 4.69) is 0 Å². The molecule has 0 amide bonds. The van der Waals surface area contributed by atoms with E-state index in [1.54, 1.807) is 0 Å². The van der Waals surface area contributed by atoms with Crippen molar-refractivity contribution in [3.05, 3.63) is 23.8 Å². The van der Waals surface area contributed by atoms with Crippen LogP contribution in [0.2, 0.25) is 0 Å². The summed E-state index contributed by atoms with van der Waals surface area (Å²) in [6, 6.07) is 2.23. The first-order valence-corrected chi connectivity index (χ1v) is 6.75. The summed E-state index contributed by atoms with van der Waals surface area (Å²) in [6.07, 6.45) is -4.27. The summed E-state index contributed by atoms with van der Waals surface area (Å²) in [7, 11) is 0. The standard InChI is InChI=1S/C14H18F3NO3/c1-2-12(18)13(19,14(15,16)17)9-4-5-10-11(8-9)21-7-3-6-20-10/h4-5,8,12,19H,2-3,6-7,18H2,1H3. The van der Waals surface area contributed by atoms with Crippen molar-refractivity contribution in [1.29, 1.82) is 0 Å². The molecular formula is C14H18F3NO3. The van der Waals surface area contributed by atoms with Gasteiger partial charge in [-0.05, 0) is 24.1 Å². The molecule has 2 rings (SSSR count). The number of benzene rings is 1. The van der Waals surface area contributed by atoms with Gasteiger partial charge in [0.15, 0.2) is 11.5 Å². The van der Waals surface area contributed by atoms with Gasteiger partial charge in [0.05, 0.1) is 13.2 Å². The highest BCUT2D eigenvalue weighted by Gasteiger charge is 2.58. The molecule has 0 fully saturated rings. The zero-order valence-corrected chi connectivity index (χ0v) is 11.6. The molecule has 7 heteroatoms. The second-order valence-electron chi connectivity index (χ2n) is 4.99. The van der Waals surface area contributed by atoms with Crippen LogP contribution in [0.1, 0.15) is 25.3 Å². The molecule has 0 aliphatic carbocycles. The van der Waals surface area contributed by atoms with E-state index < -0.39 is 17.8 Å². The lowest BCUT2D eigenvalue weighted by Crippen LogP contribution is -2.55. The quantitative estimate of drug-likeness (QED) is 0.899. The molecule has 3 N–H and O–H groups in total. The Morgan fingerprint density at radius 3 is 2.43 bits per heavy atom. The van der Waals surface area contributed by atoms with E-state index in [4.69, 9.17) is 15.2 Å². The summed E-state index contributed by atoms with van der Waals surface area (Å²) in [4.78, 5) is 0. The number of halogens is 3. The number of hydrogen-bond donors (Lipinski definition) is 2. The fraction of sp³-hybridized carbons (Fsp3) is 0.571. The highest BCUT2D eigenvalue weighted by atomic mass is 19.4. The highest BCUT2D eigenvalue weighted by Crippen LogP contribution is 2.44. The van der Waals surface area contributed by atoms with E-state index in [0.29, 0.717) is 25.4 Å². The fourth-order valence-corrected chi connectivity index (χ4v) is 2.28. The van der Waals surface area contributed by atoms with Gasteiger partial charge in [-0.15, -0.1) is 0 Å². The van der Waals surface area contributed by atoms with Crippen molar-refractivity contribution in [3.8, 4) is 11.5 Å². The van der Waals surface area contributed by atoms with Crippen LogP contribution in [0.4, 0.5) is 13.2 Å². The van der Waals surface area contributed by atoms with Crippen molar-refractivity contribution in [3.63, 3.8) is 0 Å². The largest absolute Gasteiger partial charge is 0.490 e. The molecular weight excluding hydrogens is 287 g/mol. The molecule has 1 aromatic carbocycles. The average Bonchev–Trinajstić information content (AvgIpc) is 2.68. The summed E-state index contributed by atoms with van der Waals surface area (Å²) < 4.78 is 50.7. The van der Waals surface area contributed by atoms with Gasteiger partial charge in [0, 0.05) is 12.5 Å². The van der Waals surface area contributed by atoms with E-state index in [0.717, 1.165) is 6.07 Å². The lowest BCUT2D eigenvalue weighted by atomic mass is 9.84. The normalized spacial score (nSPS) is 19.5. The SMILES string of the molecule is CCC(N)C(O)(c1ccc2c(c1)OCCCO2)C(F)(F)F. The number of nitrogens with two attached hydrogens (primary N) is 1. The maximum absolute atomic E-state index is 13.3. The molecule has 0 saturated carbocycles. The van der Waals surface area contributed by atoms with Crippen LogP contribution in [0.3, 0.4) is 0 Å². The van der Waals surface area contributed by atoms with Crippen LogP contribution in [0.5, 0.6) is 11.5 Å². The number of hydrogen-bond acceptors (Lipinski definition) is 4. The minimum absolute atomic E-state index is 0.0234. The van der Waals surface area contributed by atoms with E-state index in [1.165, 1.54) is 19.1 Å². The third-order valence-electron chi connectivity index (χ3n) is 3.60. The zero-order valence-electron chi connectivity index (χ0n) is 11.6. The molecule has 0 saturated heterocycles. The smallest absolute Gasteiger partial charge is 0.423 e. The molecule has 0 spiro atoms. The van der Waals surface area contributed by atoms with Crippen molar-refractivity contribution in [1.82, 2.24) is 0 Å². The molecule has 1 aromatic rings. The molecule has 118 valence electrons. The summed E-state index contributed by atoms with van der Waals surface area (Å²) in [6.45, 7) is 2.27. The Morgan fingerprint density at radius 1 is 1.24 bits per heavy atom. The summed E-state index contributed by atoms with van der Waals surface area (Å²) in [5.74, 6) is 0.557. The molecule has 2 atom stereocenters. The Bertz CT molecular complexity index is 507. The maximum atomic E-state index is 13.3. The van der Waals surface area contributed by atoms with E-state index in [9.17, 15) is 18.3 Å². The monoisotopic (exact) mass is 305 g/mol. The van der Waals surface area contributed by atoms with Gasteiger partial charge in [0.1, 0.15) is 0 Å². The molecule has 1 heterocycles. The molecule has 0 bridgehead atoms. The summed E-state index contributed by atoms with van der Waals surface area (Å²) in [5.41, 5.74) is 2.08. The van der Waals surface area contributed by atoms with Crippen molar-refractivity contribution in [2.24, 2.45) is 5.73 Å². The number of aliphatic hydroxyl groups is 1. The van der Waals surface area contributed by atoms with Crippen LogP contribution in [0.15, 0.2) is 18.2 Å². The second-order valence-corrected chi connectivity index (χ2v) is 4.99. The Labute approximate surface area is 120 Å². The lowest BCUT2D eigenvalue weighted by molar-refractivity contribution is -0.274. The second kappa shape index (κ2) is 5.73.